The first-order chi connectivity index (χ1) is 11.7. The number of carbonyl (C=O) groups excluding carboxylic acids is 1. The van der Waals surface area contributed by atoms with Gasteiger partial charge in [0.05, 0.1) is 19.2 Å². The highest BCUT2D eigenvalue weighted by atomic mass is 16.3. The van der Waals surface area contributed by atoms with E-state index >= 15 is 0 Å². The molecule has 0 atom stereocenters. The van der Waals surface area contributed by atoms with Crippen LogP contribution in [0.1, 0.15) is 22.5 Å². The zero-order chi connectivity index (χ0) is 16.8. The lowest BCUT2D eigenvalue weighted by Crippen LogP contribution is -2.31. The average Bonchev–Trinajstić information content (AvgIpc) is 3.10. The van der Waals surface area contributed by atoms with E-state index in [9.17, 15) is 4.79 Å². The first-order valence-corrected chi connectivity index (χ1v) is 7.96. The van der Waals surface area contributed by atoms with E-state index < -0.39 is 0 Å². The Morgan fingerprint density at radius 2 is 1.96 bits per heavy atom. The summed E-state index contributed by atoms with van der Waals surface area (Å²) < 4.78 is 5.42. The summed E-state index contributed by atoms with van der Waals surface area (Å²) in [5, 5.41) is 0. The normalized spacial score (nSPS) is 10.5. The van der Waals surface area contributed by atoms with E-state index in [1.54, 1.807) is 18.7 Å². The topological polar surface area (TPSA) is 46.3 Å². The molecule has 2 aromatic heterocycles. The van der Waals surface area contributed by atoms with Gasteiger partial charge in [0, 0.05) is 18.9 Å². The predicted molar refractivity (Wildman–Crippen MR) is 92.1 cm³/mol. The highest BCUT2D eigenvalue weighted by Crippen LogP contribution is 2.14. The molecule has 0 radical (unpaired) electrons. The Labute approximate surface area is 141 Å². The van der Waals surface area contributed by atoms with Crippen molar-refractivity contribution in [3.05, 3.63) is 89.6 Å². The largest absolute Gasteiger partial charge is 0.467 e. The van der Waals surface area contributed by atoms with Gasteiger partial charge in [-0.1, -0.05) is 30.3 Å². The van der Waals surface area contributed by atoms with Crippen LogP contribution in [-0.4, -0.2) is 15.8 Å². The van der Waals surface area contributed by atoms with Gasteiger partial charge in [0.15, 0.2) is 0 Å². The summed E-state index contributed by atoms with van der Waals surface area (Å²) >= 11 is 0. The summed E-state index contributed by atoms with van der Waals surface area (Å²) in [6.07, 6.45) is 5.53. The lowest BCUT2D eigenvalue weighted by atomic mass is 10.1. The van der Waals surface area contributed by atoms with Crippen LogP contribution in [0.3, 0.4) is 0 Å². The third-order valence-corrected chi connectivity index (χ3v) is 3.98. The van der Waals surface area contributed by atoms with E-state index in [0.29, 0.717) is 19.5 Å². The highest BCUT2D eigenvalue weighted by Gasteiger charge is 2.17. The molecule has 0 aliphatic heterocycles. The second kappa shape index (κ2) is 7.59. The van der Waals surface area contributed by atoms with Gasteiger partial charge in [0.25, 0.3) is 0 Å². The van der Waals surface area contributed by atoms with Crippen LogP contribution >= 0.6 is 0 Å². The van der Waals surface area contributed by atoms with Crippen LogP contribution in [0.25, 0.3) is 0 Å². The molecule has 4 nitrogen and oxygen atoms in total. The van der Waals surface area contributed by atoms with Crippen molar-refractivity contribution in [1.82, 2.24) is 9.88 Å². The second-order valence-corrected chi connectivity index (χ2v) is 5.79. The van der Waals surface area contributed by atoms with E-state index in [-0.39, 0.29) is 5.91 Å². The number of aryl methyl sites for hydroxylation is 1. The third-order valence-electron chi connectivity index (χ3n) is 3.98. The molecule has 122 valence electrons. The van der Waals surface area contributed by atoms with Crippen molar-refractivity contribution in [2.45, 2.75) is 26.4 Å². The maximum Gasteiger partial charge on any atom is 0.227 e. The number of hydrogen-bond donors (Lipinski definition) is 0. The van der Waals surface area contributed by atoms with Crippen LogP contribution in [0.5, 0.6) is 0 Å². The summed E-state index contributed by atoms with van der Waals surface area (Å²) in [7, 11) is 0. The van der Waals surface area contributed by atoms with E-state index in [2.05, 4.69) is 4.98 Å². The van der Waals surface area contributed by atoms with Crippen LogP contribution in [0.4, 0.5) is 0 Å². The van der Waals surface area contributed by atoms with Crippen LogP contribution in [0, 0.1) is 6.92 Å². The number of carbonyl (C=O) groups is 1. The summed E-state index contributed by atoms with van der Waals surface area (Å²) in [6, 6.07) is 15.6. The van der Waals surface area contributed by atoms with Crippen molar-refractivity contribution in [3.8, 4) is 0 Å². The molecule has 3 rings (SSSR count). The molecule has 0 spiro atoms. The fourth-order valence-corrected chi connectivity index (χ4v) is 2.62. The predicted octanol–water partition coefficient (Wildman–Crippen LogP) is 3.75. The lowest BCUT2D eigenvalue weighted by Gasteiger charge is -2.22. The van der Waals surface area contributed by atoms with E-state index in [4.69, 9.17) is 4.42 Å². The van der Waals surface area contributed by atoms with Crippen LogP contribution < -0.4 is 0 Å². The van der Waals surface area contributed by atoms with Crippen LogP contribution in [0.15, 0.2) is 71.6 Å². The molecule has 0 saturated heterocycles. The van der Waals surface area contributed by atoms with Crippen LogP contribution in [0.2, 0.25) is 0 Å². The maximum atomic E-state index is 12.9. The van der Waals surface area contributed by atoms with Crippen LogP contribution in [-0.2, 0) is 24.3 Å². The smallest absolute Gasteiger partial charge is 0.227 e. The molecule has 0 saturated carbocycles. The maximum absolute atomic E-state index is 12.9. The van der Waals surface area contributed by atoms with Gasteiger partial charge < -0.3 is 9.32 Å². The minimum absolute atomic E-state index is 0.0737. The SMILES string of the molecule is Cc1ccccc1CC(=O)N(Cc1cccnc1)Cc1ccco1. The second-order valence-electron chi connectivity index (χ2n) is 5.79. The number of hydrogen-bond acceptors (Lipinski definition) is 3. The minimum atomic E-state index is 0.0737. The van der Waals surface area contributed by atoms with Gasteiger partial charge in [-0.05, 0) is 41.8 Å². The number of nitrogens with zero attached hydrogens (tertiary/aromatic N) is 2. The number of amides is 1. The van der Waals surface area contributed by atoms with E-state index in [1.165, 1.54) is 0 Å². The molecule has 24 heavy (non-hydrogen) atoms. The first kappa shape index (κ1) is 16.0. The van der Waals surface area contributed by atoms with E-state index in [0.717, 1.165) is 22.5 Å². The van der Waals surface area contributed by atoms with Crippen molar-refractivity contribution in [3.63, 3.8) is 0 Å². The summed E-state index contributed by atoms with van der Waals surface area (Å²) in [5.74, 6) is 0.849. The molecular weight excluding hydrogens is 300 g/mol. The molecule has 0 bridgehead atoms. The summed E-state index contributed by atoms with van der Waals surface area (Å²) in [6.45, 7) is 2.99. The Bertz CT molecular complexity index is 782. The zero-order valence-corrected chi connectivity index (χ0v) is 13.7. The molecule has 0 N–H and O–H groups in total. The molecular formula is C20H20N2O2. The van der Waals surface area contributed by atoms with Gasteiger partial charge in [-0.15, -0.1) is 0 Å². The number of furan rings is 1. The van der Waals surface area contributed by atoms with Gasteiger partial charge in [-0.3, -0.25) is 9.78 Å². The highest BCUT2D eigenvalue weighted by molar-refractivity contribution is 5.79. The van der Waals surface area contributed by atoms with Gasteiger partial charge in [0.1, 0.15) is 5.76 Å². The average molecular weight is 320 g/mol. The van der Waals surface area contributed by atoms with Crippen molar-refractivity contribution < 1.29 is 9.21 Å². The Morgan fingerprint density at radius 1 is 1.08 bits per heavy atom. The van der Waals surface area contributed by atoms with Crippen molar-refractivity contribution in [2.75, 3.05) is 0 Å². The quantitative estimate of drug-likeness (QED) is 0.695. The van der Waals surface area contributed by atoms with Gasteiger partial charge in [0.2, 0.25) is 5.91 Å². The fraction of sp³-hybridized carbons (Fsp3) is 0.200. The Kier molecular flexibility index (Phi) is 5.06. The first-order valence-electron chi connectivity index (χ1n) is 7.96. The minimum Gasteiger partial charge on any atom is -0.467 e. The molecule has 1 amide bonds. The number of benzene rings is 1. The van der Waals surface area contributed by atoms with Gasteiger partial charge in [-0.25, -0.2) is 0 Å². The lowest BCUT2D eigenvalue weighted by molar-refractivity contribution is -0.132. The third kappa shape index (κ3) is 4.10. The van der Waals surface area contributed by atoms with Gasteiger partial charge >= 0.3 is 0 Å². The molecule has 0 unspecified atom stereocenters. The Hall–Kier alpha value is -2.88. The Balaban J connectivity index is 1.77. The molecule has 0 fully saturated rings. The molecule has 0 aliphatic carbocycles. The number of pyridine rings is 1. The molecule has 1 aromatic carbocycles. The number of aromatic nitrogens is 1. The molecule has 2 heterocycles. The van der Waals surface area contributed by atoms with E-state index in [1.807, 2.05) is 60.4 Å². The summed E-state index contributed by atoms with van der Waals surface area (Å²) in [5.41, 5.74) is 3.19. The van der Waals surface area contributed by atoms with Crippen molar-refractivity contribution in [1.29, 1.82) is 0 Å². The monoisotopic (exact) mass is 320 g/mol. The van der Waals surface area contributed by atoms with Crippen molar-refractivity contribution in [2.24, 2.45) is 0 Å². The molecule has 0 aliphatic rings. The summed E-state index contributed by atoms with van der Waals surface area (Å²) in [4.78, 5) is 18.8. The zero-order valence-electron chi connectivity index (χ0n) is 13.7. The van der Waals surface area contributed by atoms with Gasteiger partial charge in [-0.2, -0.15) is 0 Å². The van der Waals surface area contributed by atoms with Crippen molar-refractivity contribution >= 4 is 5.91 Å². The standard InChI is InChI=1S/C20H20N2O2/c1-16-6-2-3-8-18(16)12-20(23)22(15-19-9-5-11-24-19)14-17-7-4-10-21-13-17/h2-11,13H,12,14-15H2,1H3. The molecule has 4 heteroatoms. The molecule has 3 aromatic rings. The fourth-order valence-electron chi connectivity index (χ4n) is 2.62. The Morgan fingerprint density at radius 3 is 2.67 bits per heavy atom. The number of rotatable bonds is 6.